The third kappa shape index (κ3) is 4.26. The Hall–Kier alpha value is -2.73. The van der Waals surface area contributed by atoms with Crippen LogP contribution < -0.4 is 5.32 Å². The van der Waals surface area contributed by atoms with Crippen LogP contribution in [-0.2, 0) is 9.53 Å². The number of ether oxygens (including phenoxy) is 1. The smallest absolute Gasteiger partial charge is 0.338 e. The van der Waals surface area contributed by atoms with Gasteiger partial charge in [-0.15, -0.1) is 11.8 Å². The van der Waals surface area contributed by atoms with Crippen LogP contribution in [0.1, 0.15) is 29.1 Å². The van der Waals surface area contributed by atoms with E-state index in [0.717, 1.165) is 15.9 Å². The van der Waals surface area contributed by atoms with E-state index in [1.54, 1.807) is 23.9 Å². The first-order chi connectivity index (χ1) is 12.6. The van der Waals surface area contributed by atoms with Crippen molar-refractivity contribution in [3.05, 3.63) is 65.9 Å². The molecule has 3 aromatic rings. The minimum absolute atomic E-state index is 0.325. The summed E-state index contributed by atoms with van der Waals surface area (Å²) in [6, 6.07) is 16.2. The van der Waals surface area contributed by atoms with Gasteiger partial charge in [-0.05, 0) is 49.6 Å². The fraction of sp³-hybridized carbons (Fsp3) is 0.200. The zero-order valence-electron chi connectivity index (χ0n) is 14.5. The molecule has 0 spiro atoms. The highest BCUT2D eigenvalue weighted by Crippen LogP contribution is 2.23. The average Bonchev–Trinajstić information content (AvgIpc) is 3.10. The van der Waals surface area contributed by atoms with E-state index < -0.39 is 5.97 Å². The fourth-order valence-corrected chi connectivity index (χ4v) is 2.92. The molecule has 1 atom stereocenters. The molecule has 1 heterocycles. The summed E-state index contributed by atoms with van der Waals surface area (Å²) in [4.78, 5) is 25.1. The summed E-state index contributed by atoms with van der Waals surface area (Å²) in [5.74, 6) is -0.255. The van der Waals surface area contributed by atoms with E-state index in [4.69, 9.17) is 9.15 Å². The Balaban J connectivity index is 1.53. The highest BCUT2D eigenvalue weighted by Gasteiger charge is 2.16. The zero-order chi connectivity index (χ0) is 18.5. The van der Waals surface area contributed by atoms with Gasteiger partial charge in [0.05, 0.1) is 11.6 Å². The monoisotopic (exact) mass is 369 g/mol. The Morgan fingerprint density at radius 2 is 1.88 bits per heavy atom. The van der Waals surface area contributed by atoms with Crippen molar-refractivity contribution in [3.63, 3.8) is 0 Å². The Labute approximate surface area is 155 Å². The lowest BCUT2D eigenvalue weighted by atomic mass is 10.2. The molecule has 6 heteroatoms. The lowest BCUT2D eigenvalue weighted by Gasteiger charge is -2.11. The Morgan fingerprint density at radius 1 is 1.15 bits per heavy atom. The largest absolute Gasteiger partial charge is 0.459 e. The first-order valence-corrected chi connectivity index (χ1v) is 9.38. The number of para-hydroxylation sites is 1. The van der Waals surface area contributed by atoms with Gasteiger partial charge in [-0.3, -0.25) is 4.79 Å². The molecule has 0 aliphatic rings. The van der Waals surface area contributed by atoms with Crippen molar-refractivity contribution < 1.29 is 18.7 Å². The second-order valence-electron chi connectivity index (χ2n) is 5.78. The molecular weight excluding hydrogens is 350 g/mol. The van der Waals surface area contributed by atoms with Crippen molar-refractivity contribution in [3.8, 4) is 0 Å². The van der Waals surface area contributed by atoms with Crippen LogP contribution in [-0.4, -0.2) is 24.7 Å². The van der Waals surface area contributed by atoms with Crippen molar-refractivity contribution in [2.24, 2.45) is 0 Å². The molecule has 0 saturated heterocycles. The average molecular weight is 369 g/mol. The number of rotatable bonds is 6. The molecule has 0 radical (unpaired) electrons. The van der Waals surface area contributed by atoms with Crippen molar-refractivity contribution in [1.82, 2.24) is 5.32 Å². The maximum Gasteiger partial charge on any atom is 0.338 e. The van der Waals surface area contributed by atoms with Crippen LogP contribution in [0.3, 0.4) is 0 Å². The summed E-state index contributed by atoms with van der Waals surface area (Å²) in [6.45, 7) is 1.48. The third-order valence-corrected chi connectivity index (χ3v) is 4.65. The molecule has 0 bridgehead atoms. The van der Waals surface area contributed by atoms with Gasteiger partial charge in [-0.25, -0.2) is 4.79 Å². The second-order valence-corrected chi connectivity index (χ2v) is 6.66. The molecule has 1 aromatic heterocycles. The number of carbonyl (C=O) groups is 2. The van der Waals surface area contributed by atoms with Gasteiger partial charge in [0.25, 0.3) is 5.91 Å². The molecule has 134 valence electrons. The number of esters is 1. The summed E-state index contributed by atoms with van der Waals surface area (Å²) in [7, 11) is 0. The number of furan rings is 1. The molecule has 1 N–H and O–H groups in total. The van der Waals surface area contributed by atoms with E-state index in [1.807, 2.05) is 55.6 Å². The van der Waals surface area contributed by atoms with Crippen LogP contribution in [0, 0.1) is 0 Å². The molecule has 2 aromatic carbocycles. The first kappa shape index (κ1) is 18.1. The maximum atomic E-state index is 12.0. The number of hydrogen-bond acceptors (Lipinski definition) is 5. The molecule has 5 nitrogen and oxygen atoms in total. The number of nitrogens with one attached hydrogen (secondary N) is 1. The summed E-state index contributed by atoms with van der Waals surface area (Å²) in [5, 5.41) is 3.74. The molecule has 1 amide bonds. The molecule has 0 unspecified atom stereocenters. The van der Waals surface area contributed by atoms with E-state index in [9.17, 15) is 9.59 Å². The number of benzene rings is 2. The summed E-state index contributed by atoms with van der Waals surface area (Å²) in [6.07, 6.45) is 1.96. The summed E-state index contributed by atoms with van der Waals surface area (Å²) in [5.41, 5.74) is 1.18. The number of hydrogen-bond donors (Lipinski definition) is 1. The maximum absolute atomic E-state index is 12.0. The van der Waals surface area contributed by atoms with Crippen molar-refractivity contribution in [2.45, 2.75) is 17.9 Å². The molecular formula is C20H19NO4S. The SMILES string of the molecule is CSc1ccc(C(=O)OCC(=O)N[C@@H](C)c2cc3ccccc3o2)cc1. The number of thioether (sulfide) groups is 1. The third-order valence-electron chi connectivity index (χ3n) is 3.91. The van der Waals surface area contributed by atoms with Gasteiger partial charge < -0.3 is 14.5 Å². The van der Waals surface area contributed by atoms with Gasteiger partial charge in [0.15, 0.2) is 6.61 Å². The lowest BCUT2D eigenvalue weighted by molar-refractivity contribution is -0.125. The molecule has 0 aliphatic carbocycles. The molecule has 0 saturated carbocycles. The predicted molar refractivity (Wildman–Crippen MR) is 101 cm³/mol. The van der Waals surface area contributed by atoms with Gasteiger partial charge >= 0.3 is 5.97 Å². The molecule has 3 rings (SSSR count). The van der Waals surface area contributed by atoms with Crippen LogP contribution in [0.2, 0.25) is 0 Å². The van der Waals surface area contributed by atoms with E-state index in [-0.39, 0.29) is 18.6 Å². The highest BCUT2D eigenvalue weighted by atomic mass is 32.2. The lowest BCUT2D eigenvalue weighted by Crippen LogP contribution is -2.31. The van der Waals surface area contributed by atoms with Gasteiger partial charge in [-0.2, -0.15) is 0 Å². The van der Waals surface area contributed by atoms with E-state index in [2.05, 4.69) is 5.32 Å². The molecule has 0 fully saturated rings. The Kier molecular flexibility index (Phi) is 5.63. The van der Waals surface area contributed by atoms with Crippen LogP contribution in [0.15, 0.2) is 63.9 Å². The van der Waals surface area contributed by atoms with Gasteiger partial charge in [0, 0.05) is 10.3 Å². The fourth-order valence-electron chi connectivity index (χ4n) is 2.51. The van der Waals surface area contributed by atoms with E-state index >= 15 is 0 Å². The Bertz CT molecular complexity index is 884. The normalized spacial score (nSPS) is 11.9. The quantitative estimate of drug-likeness (QED) is 0.521. The van der Waals surface area contributed by atoms with Crippen LogP contribution in [0.5, 0.6) is 0 Å². The van der Waals surface area contributed by atoms with E-state index in [0.29, 0.717) is 11.3 Å². The van der Waals surface area contributed by atoms with Gasteiger partial charge in [0.1, 0.15) is 11.3 Å². The van der Waals surface area contributed by atoms with Crippen molar-refractivity contribution >= 4 is 34.6 Å². The van der Waals surface area contributed by atoms with Crippen molar-refractivity contribution in [2.75, 3.05) is 12.9 Å². The summed E-state index contributed by atoms with van der Waals surface area (Å²) < 4.78 is 10.8. The number of carbonyl (C=O) groups excluding carboxylic acids is 2. The minimum atomic E-state index is -0.524. The van der Waals surface area contributed by atoms with Crippen molar-refractivity contribution in [1.29, 1.82) is 0 Å². The van der Waals surface area contributed by atoms with Crippen LogP contribution in [0.4, 0.5) is 0 Å². The van der Waals surface area contributed by atoms with Gasteiger partial charge in [-0.1, -0.05) is 18.2 Å². The second kappa shape index (κ2) is 8.10. The zero-order valence-corrected chi connectivity index (χ0v) is 15.3. The summed E-state index contributed by atoms with van der Waals surface area (Å²) >= 11 is 1.59. The standard InChI is InChI=1S/C20H19NO4S/c1-13(18-11-15-5-3-4-6-17(15)25-18)21-19(22)12-24-20(23)14-7-9-16(26-2)10-8-14/h3-11,13H,12H2,1-2H3,(H,21,22)/t13-/m0/s1. The molecule has 26 heavy (non-hydrogen) atoms. The molecule has 0 aliphatic heterocycles. The number of amides is 1. The minimum Gasteiger partial charge on any atom is -0.459 e. The topological polar surface area (TPSA) is 68.5 Å². The first-order valence-electron chi connectivity index (χ1n) is 8.16. The van der Waals surface area contributed by atoms with E-state index in [1.165, 1.54) is 0 Å². The predicted octanol–water partition coefficient (Wildman–Crippen LogP) is 4.19. The highest BCUT2D eigenvalue weighted by molar-refractivity contribution is 7.98. The van der Waals surface area contributed by atoms with Gasteiger partial charge in [0.2, 0.25) is 0 Å². The Morgan fingerprint density at radius 3 is 2.58 bits per heavy atom. The number of fused-ring (bicyclic) bond motifs is 1. The van der Waals surface area contributed by atoms with Crippen LogP contribution >= 0.6 is 11.8 Å². The van der Waals surface area contributed by atoms with Crippen LogP contribution in [0.25, 0.3) is 11.0 Å².